The number of pyridine rings is 1. The third-order valence-corrected chi connectivity index (χ3v) is 5.58. The number of hydrogen-bond acceptors (Lipinski definition) is 9. The predicted molar refractivity (Wildman–Crippen MR) is 165 cm³/mol. The molecular formula is C31H47N5O6. The van der Waals surface area contributed by atoms with E-state index in [2.05, 4.69) is 39.8 Å². The zero-order chi connectivity index (χ0) is 31.9. The lowest BCUT2D eigenvalue weighted by Crippen LogP contribution is -2.48. The van der Waals surface area contributed by atoms with Gasteiger partial charge in [0.1, 0.15) is 16.8 Å². The number of carbonyl (C=O) groups is 3. The van der Waals surface area contributed by atoms with Crippen molar-refractivity contribution in [3.63, 3.8) is 0 Å². The van der Waals surface area contributed by atoms with Crippen LogP contribution < -0.4 is 16.0 Å². The smallest absolute Gasteiger partial charge is 0.414 e. The normalized spacial score (nSPS) is 12.3. The zero-order valence-electron chi connectivity index (χ0n) is 26.9. The molecule has 0 aliphatic rings. The second-order valence-electron chi connectivity index (χ2n) is 13.5. The average molecular weight is 586 g/mol. The van der Waals surface area contributed by atoms with Crippen molar-refractivity contribution < 1.29 is 28.6 Å². The summed E-state index contributed by atoms with van der Waals surface area (Å²) in [5.41, 5.74) is -0.863. The van der Waals surface area contributed by atoms with Crippen LogP contribution in [-0.2, 0) is 14.2 Å². The fourth-order valence-electron chi connectivity index (χ4n) is 4.49. The summed E-state index contributed by atoms with van der Waals surface area (Å²) in [4.78, 5) is 46.9. The Balaban J connectivity index is 2.31. The van der Waals surface area contributed by atoms with Crippen molar-refractivity contribution in [2.75, 3.05) is 18.5 Å². The summed E-state index contributed by atoms with van der Waals surface area (Å²) in [6, 6.07) is 7.58. The van der Waals surface area contributed by atoms with Crippen molar-refractivity contribution in [3.05, 3.63) is 36.0 Å². The SMILES string of the molecule is CCOC(=O)c1cnc2ccccc2c1NCC(C)(C)CC(C)(C)N=C(NC(=O)OC(C)(C)C)NC(=O)OC(C)(C)C. The lowest BCUT2D eigenvalue weighted by Gasteiger charge is -2.34. The summed E-state index contributed by atoms with van der Waals surface area (Å²) in [7, 11) is 0. The number of nitrogens with zero attached hydrogens (tertiary/aromatic N) is 2. The molecule has 3 N–H and O–H groups in total. The number of esters is 1. The van der Waals surface area contributed by atoms with Crippen molar-refractivity contribution in [1.29, 1.82) is 0 Å². The van der Waals surface area contributed by atoms with E-state index in [1.165, 1.54) is 6.20 Å². The molecule has 1 heterocycles. The number of benzene rings is 1. The van der Waals surface area contributed by atoms with E-state index in [0.717, 1.165) is 10.9 Å². The van der Waals surface area contributed by atoms with Gasteiger partial charge in [0.05, 0.1) is 23.3 Å². The number of rotatable bonds is 8. The number of aromatic nitrogens is 1. The highest BCUT2D eigenvalue weighted by Gasteiger charge is 2.31. The molecule has 2 amide bonds. The molecule has 0 aliphatic carbocycles. The Labute approximate surface area is 249 Å². The molecule has 2 rings (SSSR count). The number of carbonyl (C=O) groups excluding carboxylic acids is 3. The van der Waals surface area contributed by atoms with Gasteiger partial charge >= 0.3 is 18.2 Å². The zero-order valence-corrected chi connectivity index (χ0v) is 26.9. The van der Waals surface area contributed by atoms with Gasteiger partial charge in [-0.1, -0.05) is 32.0 Å². The van der Waals surface area contributed by atoms with Gasteiger partial charge in [0, 0.05) is 18.1 Å². The second kappa shape index (κ2) is 13.4. The first-order valence-corrected chi connectivity index (χ1v) is 14.1. The fourth-order valence-corrected chi connectivity index (χ4v) is 4.49. The summed E-state index contributed by atoms with van der Waals surface area (Å²) >= 11 is 0. The van der Waals surface area contributed by atoms with Gasteiger partial charge in [0.2, 0.25) is 5.96 Å². The average Bonchev–Trinajstić information content (AvgIpc) is 2.78. The largest absolute Gasteiger partial charge is 0.462 e. The summed E-state index contributed by atoms with van der Waals surface area (Å²) < 4.78 is 16.0. The minimum atomic E-state index is -0.759. The molecule has 0 spiro atoms. The van der Waals surface area contributed by atoms with Crippen molar-refractivity contribution in [2.24, 2.45) is 10.4 Å². The topological polar surface area (TPSA) is 140 Å². The third-order valence-electron chi connectivity index (χ3n) is 5.58. The number of hydrogen-bond donors (Lipinski definition) is 3. The number of para-hydroxylation sites is 1. The van der Waals surface area contributed by atoms with E-state index >= 15 is 0 Å². The monoisotopic (exact) mass is 585 g/mol. The number of amides is 2. The molecule has 42 heavy (non-hydrogen) atoms. The van der Waals surface area contributed by atoms with Gasteiger partial charge in [0.15, 0.2) is 0 Å². The molecule has 2 aromatic rings. The Hall–Kier alpha value is -3.89. The molecule has 0 saturated carbocycles. The molecule has 0 aliphatic heterocycles. The van der Waals surface area contributed by atoms with Crippen LogP contribution in [0.25, 0.3) is 10.9 Å². The Morgan fingerprint density at radius 1 is 0.857 bits per heavy atom. The second-order valence-corrected chi connectivity index (χ2v) is 13.5. The number of guanidine groups is 1. The van der Waals surface area contributed by atoms with Gasteiger partial charge in [-0.2, -0.15) is 0 Å². The van der Waals surface area contributed by atoms with Crippen molar-refractivity contribution in [3.8, 4) is 0 Å². The van der Waals surface area contributed by atoms with E-state index in [0.29, 0.717) is 24.2 Å². The number of fused-ring (bicyclic) bond motifs is 1. The number of aliphatic imine (C=N–C) groups is 1. The van der Waals surface area contributed by atoms with E-state index in [1.807, 2.05) is 38.1 Å². The van der Waals surface area contributed by atoms with Gasteiger partial charge in [-0.25, -0.2) is 19.4 Å². The van der Waals surface area contributed by atoms with Crippen LogP contribution >= 0.6 is 0 Å². The van der Waals surface area contributed by atoms with Gasteiger partial charge in [-0.15, -0.1) is 0 Å². The maximum Gasteiger partial charge on any atom is 0.414 e. The highest BCUT2D eigenvalue weighted by atomic mass is 16.6. The quantitative estimate of drug-likeness (QED) is 0.139. The maximum absolute atomic E-state index is 12.7. The molecule has 1 aromatic carbocycles. The Morgan fingerprint density at radius 3 is 1.93 bits per heavy atom. The lowest BCUT2D eigenvalue weighted by atomic mass is 9.80. The van der Waals surface area contributed by atoms with E-state index < -0.39 is 34.9 Å². The van der Waals surface area contributed by atoms with Crippen LogP contribution in [0.1, 0.15) is 92.9 Å². The fraction of sp³-hybridized carbons (Fsp3) is 0.581. The van der Waals surface area contributed by atoms with Crippen LogP contribution in [0.2, 0.25) is 0 Å². The molecule has 0 radical (unpaired) electrons. The van der Waals surface area contributed by atoms with Crippen LogP contribution in [0, 0.1) is 5.41 Å². The Kier molecular flexibility index (Phi) is 10.9. The van der Waals surface area contributed by atoms with E-state index in [4.69, 9.17) is 14.2 Å². The summed E-state index contributed by atoms with van der Waals surface area (Å²) in [5, 5.41) is 9.36. The molecule has 1 aromatic heterocycles. The first kappa shape index (κ1) is 34.3. The molecule has 0 unspecified atom stereocenters. The number of anilines is 1. The molecule has 0 fully saturated rings. The van der Waals surface area contributed by atoms with E-state index in [-0.39, 0.29) is 18.0 Å². The van der Waals surface area contributed by atoms with Crippen LogP contribution in [0.4, 0.5) is 15.3 Å². The molecule has 0 bridgehead atoms. The van der Waals surface area contributed by atoms with Crippen LogP contribution in [-0.4, -0.2) is 59.0 Å². The number of alkyl carbamates (subject to hydrolysis) is 2. The number of ether oxygens (including phenoxy) is 3. The molecular weight excluding hydrogens is 538 g/mol. The summed E-state index contributed by atoms with van der Waals surface area (Å²) in [5.74, 6) is -0.538. The van der Waals surface area contributed by atoms with Crippen LogP contribution in [0.5, 0.6) is 0 Å². The van der Waals surface area contributed by atoms with Gasteiger partial charge in [-0.3, -0.25) is 15.6 Å². The highest BCUT2D eigenvalue weighted by Crippen LogP contribution is 2.33. The summed E-state index contributed by atoms with van der Waals surface area (Å²) in [6.45, 7) is 20.8. The maximum atomic E-state index is 12.7. The summed E-state index contributed by atoms with van der Waals surface area (Å²) in [6.07, 6.45) is 0.538. The van der Waals surface area contributed by atoms with Crippen molar-refractivity contribution in [2.45, 2.75) is 99.3 Å². The standard InChI is InChI=1S/C31H47N5O6/c1-12-40-24(37)21-17-32-22-16-14-13-15-20(22)23(21)33-19-30(8,9)18-31(10,11)36-25(34-26(38)41-28(2,3)4)35-27(39)42-29(5,6)7/h13-17H,12,18-19H2,1-11H3,(H,32,33)(H2,34,35,36,38,39). The minimum Gasteiger partial charge on any atom is -0.462 e. The van der Waals surface area contributed by atoms with Gasteiger partial charge in [-0.05, 0) is 80.2 Å². The molecule has 232 valence electrons. The lowest BCUT2D eigenvalue weighted by molar-refractivity contribution is 0.0518. The first-order chi connectivity index (χ1) is 19.2. The Morgan fingerprint density at radius 2 is 1.40 bits per heavy atom. The third kappa shape index (κ3) is 11.5. The van der Waals surface area contributed by atoms with Crippen molar-refractivity contribution >= 4 is 40.7 Å². The van der Waals surface area contributed by atoms with Gasteiger partial charge in [0.25, 0.3) is 0 Å². The van der Waals surface area contributed by atoms with Gasteiger partial charge < -0.3 is 19.5 Å². The number of nitrogens with one attached hydrogen (secondary N) is 3. The van der Waals surface area contributed by atoms with E-state index in [9.17, 15) is 14.4 Å². The van der Waals surface area contributed by atoms with Crippen molar-refractivity contribution in [1.82, 2.24) is 15.6 Å². The molecule has 11 heteroatoms. The Bertz CT molecular complexity index is 1270. The molecule has 0 atom stereocenters. The molecule has 0 saturated heterocycles. The minimum absolute atomic E-state index is 0.0861. The van der Waals surface area contributed by atoms with Crippen LogP contribution in [0.15, 0.2) is 35.5 Å². The van der Waals surface area contributed by atoms with E-state index in [1.54, 1.807) is 48.5 Å². The molecule has 11 nitrogen and oxygen atoms in total. The first-order valence-electron chi connectivity index (χ1n) is 14.1. The highest BCUT2D eigenvalue weighted by molar-refractivity contribution is 6.05. The predicted octanol–water partition coefficient (Wildman–Crippen LogP) is 6.42. The van der Waals surface area contributed by atoms with Crippen LogP contribution in [0.3, 0.4) is 0 Å².